The van der Waals surface area contributed by atoms with Crippen LogP contribution in [0.3, 0.4) is 0 Å². The Morgan fingerprint density at radius 3 is 2.67 bits per heavy atom. The first-order valence-corrected chi connectivity index (χ1v) is 4.98. The molecule has 15 heavy (non-hydrogen) atoms. The number of hydrogen-bond donors (Lipinski definition) is 0. The summed E-state index contributed by atoms with van der Waals surface area (Å²) in [5.74, 6) is 0.621. The molecule has 0 saturated heterocycles. The van der Waals surface area contributed by atoms with E-state index in [1.807, 2.05) is 0 Å². The van der Waals surface area contributed by atoms with E-state index in [0.29, 0.717) is 25.6 Å². The number of rotatable bonds is 10. The van der Waals surface area contributed by atoms with Gasteiger partial charge in [0, 0.05) is 20.3 Å². The average Bonchev–Trinajstić information content (AvgIpc) is 2.25. The van der Waals surface area contributed by atoms with Crippen molar-refractivity contribution in [2.24, 2.45) is 0 Å². The fourth-order valence-corrected chi connectivity index (χ4v) is 0.863. The minimum absolute atomic E-state index is 0.521. The lowest BCUT2D eigenvalue weighted by atomic mass is 10.4. The third-order valence-electron chi connectivity index (χ3n) is 1.57. The molecule has 0 heterocycles. The van der Waals surface area contributed by atoms with Crippen molar-refractivity contribution in [1.29, 1.82) is 0 Å². The Balaban J connectivity index is 3.20. The summed E-state index contributed by atoms with van der Waals surface area (Å²) in [5, 5.41) is 0. The first-order valence-electron chi connectivity index (χ1n) is 4.98. The van der Waals surface area contributed by atoms with Gasteiger partial charge in [0.1, 0.15) is 12.4 Å². The normalized spacial score (nSPS) is 10.5. The van der Waals surface area contributed by atoms with Crippen LogP contribution in [0.2, 0.25) is 0 Å². The van der Waals surface area contributed by atoms with Crippen LogP contribution < -0.4 is 0 Å². The van der Waals surface area contributed by atoms with Gasteiger partial charge in [-0.25, -0.2) is 0 Å². The van der Waals surface area contributed by atoms with E-state index >= 15 is 0 Å². The van der Waals surface area contributed by atoms with Crippen LogP contribution in [0.5, 0.6) is 0 Å². The highest BCUT2D eigenvalue weighted by molar-refractivity contribution is 5.12. The summed E-state index contributed by atoms with van der Waals surface area (Å²) in [6, 6.07) is 0. The van der Waals surface area contributed by atoms with Crippen LogP contribution >= 0.6 is 0 Å². The van der Waals surface area contributed by atoms with Gasteiger partial charge in [0.15, 0.2) is 0 Å². The van der Waals surface area contributed by atoms with E-state index in [4.69, 9.17) is 14.2 Å². The first kappa shape index (κ1) is 13.9. The molecule has 0 aliphatic rings. The molecule has 86 valence electrons. The second-order valence-electron chi connectivity index (χ2n) is 2.87. The van der Waals surface area contributed by atoms with Gasteiger partial charge in [-0.3, -0.25) is 0 Å². The molecule has 3 nitrogen and oxygen atoms in total. The zero-order chi connectivity index (χ0) is 11.4. The summed E-state index contributed by atoms with van der Waals surface area (Å²) < 4.78 is 15.5. The van der Waals surface area contributed by atoms with Crippen LogP contribution in [0, 0.1) is 0 Å². The molecule has 0 saturated carbocycles. The van der Waals surface area contributed by atoms with Crippen molar-refractivity contribution >= 4 is 0 Å². The van der Waals surface area contributed by atoms with Crippen LogP contribution in [0.25, 0.3) is 0 Å². The fraction of sp³-hybridized carbons (Fsp3) is 0.500. The van der Waals surface area contributed by atoms with E-state index in [-0.39, 0.29) is 0 Å². The highest BCUT2D eigenvalue weighted by Crippen LogP contribution is 1.95. The lowest BCUT2D eigenvalue weighted by molar-refractivity contribution is 0.0652. The average molecular weight is 212 g/mol. The molecular formula is C12H20O3. The number of methoxy groups -OCH3 is 1. The van der Waals surface area contributed by atoms with Crippen molar-refractivity contribution < 1.29 is 14.2 Å². The molecule has 0 unspecified atom stereocenters. The predicted octanol–water partition coefficient (Wildman–Crippen LogP) is 2.31. The van der Waals surface area contributed by atoms with Gasteiger partial charge in [0.2, 0.25) is 0 Å². The maximum Gasteiger partial charge on any atom is 0.112 e. The minimum Gasteiger partial charge on any atom is -0.492 e. The molecule has 0 aliphatic heterocycles. The topological polar surface area (TPSA) is 27.7 Å². The summed E-state index contributed by atoms with van der Waals surface area (Å²) in [6.45, 7) is 9.79. The summed E-state index contributed by atoms with van der Waals surface area (Å²) in [4.78, 5) is 0. The monoisotopic (exact) mass is 212 g/mol. The number of ether oxygens (including phenoxy) is 3. The second-order valence-corrected chi connectivity index (χ2v) is 2.87. The van der Waals surface area contributed by atoms with E-state index in [0.717, 1.165) is 13.0 Å². The van der Waals surface area contributed by atoms with Gasteiger partial charge in [-0.2, -0.15) is 0 Å². The lowest BCUT2D eigenvalue weighted by Crippen LogP contribution is -2.05. The minimum atomic E-state index is 0.521. The Morgan fingerprint density at radius 1 is 1.20 bits per heavy atom. The summed E-state index contributed by atoms with van der Waals surface area (Å²) in [6.07, 6.45) is 6.13. The van der Waals surface area contributed by atoms with Crippen molar-refractivity contribution in [3.05, 3.63) is 37.1 Å². The van der Waals surface area contributed by atoms with Gasteiger partial charge in [-0.15, -0.1) is 0 Å². The first-order chi connectivity index (χ1) is 7.31. The second kappa shape index (κ2) is 11.0. The third kappa shape index (κ3) is 10.9. The van der Waals surface area contributed by atoms with E-state index in [1.165, 1.54) is 0 Å². The zero-order valence-corrected chi connectivity index (χ0v) is 9.41. The van der Waals surface area contributed by atoms with Gasteiger partial charge >= 0.3 is 0 Å². The molecule has 0 atom stereocenters. The molecule has 0 N–H and O–H groups in total. The number of allylic oxidation sites excluding steroid dienone is 3. The molecule has 0 spiro atoms. The largest absolute Gasteiger partial charge is 0.492 e. The van der Waals surface area contributed by atoms with Crippen molar-refractivity contribution in [3.8, 4) is 0 Å². The fourth-order valence-electron chi connectivity index (χ4n) is 0.863. The van der Waals surface area contributed by atoms with Gasteiger partial charge in [0.25, 0.3) is 0 Å². The van der Waals surface area contributed by atoms with Gasteiger partial charge in [0.05, 0.1) is 6.61 Å². The third-order valence-corrected chi connectivity index (χ3v) is 1.57. The van der Waals surface area contributed by atoms with Crippen molar-refractivity contribution in [1.82, 2.24) is 0 Å². The van der Waals surface area contributed by atoms with Crippen LogP contribution in [0.15, 0.2) is 37.1 Å². The van der Waals surface area contributed by atoms with Crippen molar-refractivity contribution in [3.63, 3.8) is 0 Å². The van der Waals surface area contributed by atoms with Crippen LogP contribution in [0.4, 0.5) is 0 Å². The standard InChI is InChI=1S/C12H20O3/c1-4-5-7-12(2)15-11-10-14-9-6-8-13-3/h4-5,7H,1-2,6,8-11H2,3H3/b7-5-. The molecule has 0 aromatic carbocycles. The Morgan fingerprint density at radius 2 is 2.00 bits per heavy atom. The molecule has 0 fully saturated rings. The Labute approximate surface area is 92.0 Å². The van der Waals surface area contributed by atoms with E-state index < -0.39 is 0 Å². The zero-order valence-electron chi connectivity index (χ0n) is 9.41. The van der Waals surface area contributed by atoms with Gasteiger partial charge in [-0.1, -0.05) is 25.3 Å². The molecular weight excluding hydrogens is 192 g/mol. The molecule has 0 rings (SSSR count). The van der Waals surface area contributed by atoms with Crippen molar-refractivity contribution in [2.75, 3.05) is 33.5 Å². The maximum atomic E-state index is 5.30. The summed E-state index contributed by atoms with van der Waals surface area (Å²) >= 11 is 0. The quantitative estimate of drug-likeness (QED) is 0.316. The SMILES string of the molecule is C=C/C=C\C(=C)OCCOCCCOC. The van der Waals surface area contributed by atoms with Gasteiger partial charge < -0.3 is 14.2 Å². The van der Waals surface area contributed by atoms with E-state index in [1.54, 1.807) is 25.3 Å². The molecule has 0 aliphatic carbocycles. The Kier molecular flexibility index (Phi) is 10.2. The van der Waals surface area contributed by atoms with Gasteiger partial charge in [-0.05, 0) is 12.5 Å². The van der Waals surface area contributed by atoms with Crippen LogP contribution in [-0.2, 0) is 14.2 Å². The molecule has 3 heteroatoms. The Hall–Kier alpha value is -1.06. The van der Waals surface area contributed by atoms with E-state index in [9.17, 15) is 0 Å². The lowest BCUT2D eigenvalue weighted by Gasteiger charge is -2.06. The highest BCUT2D eigenvalue weighted by atomic mass is 16.5. The summed E-state index contributed by atoms with van der Waals surface area (Å²) in [7, 11) is 1.68. The van der Waals surface area contributed by atoms with E-state index in [2.05, 4.69) is 13.2 Å². The summed E-state index contributed by atoms with van der Waals surface area (Å²) in [5.41, 5.74) is 0. The number of hydrogen-bond acceptors (Lipinski definition) is 3. The molecule has 0 radical (unpaired) electrons. The highest BCUT2D eigenvalue weighted by Gasteiger charge is 1.91. The molecule has 0 aromatic heterocycles. The smallest absolute Gasteiger partial charge is 0.112 e. The van der Waals surface area contributed by atoms with Crippen LogP contribution in [0.1, 0.15) is 6.42 Å². The molecule has 0 amide bonds. The molecule has 0 bridgehead atoms. The Bertz CT molecular complexity index is 197. The maximum absolute atomic E-state index is 5.30. The molecule has 0 aromatic rings. The van der Waals surface area contributed by atoms with Crippen molar-refractivity contribution in [2.45, 2.75) is 6.42 Å². The predicted molar refractivity (Wildman–Crippen MR) is 61.7 cm³/mol. The van der Waals surface area contributed by atoms with Crippen LogP contribution in [-0.4, -0.2) is 33.5 Å².